The lowest BCUT2D eigenvalue weighted by atomic mass is 10.1. The van der Waals surface area contributed by atoms with Crippen molar-refractivity contribution in [2.75, 3.05) is 5.32 Å². The SMILES string of the molecule is N#Cc1ccc(CC(=O)Nc2ccc(Cl)cn2)cc1. The molecule has 0 aliphatic rings. The summed E-state index contributed by atoms with van der Waals surface area (Å²) in [6.45, 7) is 0. The first-order valence-electron chi connectivity index (χ1n) is 5.58. The zero-order chi connectivity index (χ0) is 13.7. The molecule has 5 heteroatoms. The maximum absolute atomic E-state index is 11.8. The van der Waals surface area contributed by atoms with Crippen molar-refractivity contribution in [3.63, 3.8) is 0 Å². The lowest BCUT2D eigenvalue weighted by Gasteiger charge is -2.04. The number of nitrogens with one attached hydrogen (secondary N) is 1. The predicted octanol–water partition coefficient (Wildman–Crippen LogP) is 2.79. The van der Waals surface area contributed by atoms with E-state index in [2.05, 4.69) is 10.3 Å². The molecule has 1 amide bonds. The Morgan fingerprint density at radius 1 is 1.26 bits per heavy atom. The van der Waals surface area contributed by atoms with Crippen LogP contribution in [0.25, 0.3) is 0 Å². The number of anilines is 1. The molecule has 1 heterocycles. The molecule has 0 bridgehead atoms. The predicted molar refractivity (Wildman–Crippen MR) is 72.7 cm³/mol. The number of hydrogen-bond acceptors (Lipinski definition) is 3. The second kappa shape index (κ2) is 5.98. The van der Waals surface area contributed by atoms with E-state index in [1.165, 1.54) is 6.20 Å². The summed E-state index contributed by atoms with van der Waals surface area (Å²) < 4.78 is 0. The van der Waals surface area contributed by atoms with Gasteiger partial charge in [0.2, 0.25) is 5.91 Å². The lowest BCUT2D eigenvalue weighted by molar-refractivity contribution is -0.115. The van der Waals surface area contributed by atoms with Crippen LogP contribution >= 0.6 is 11.6 Å². The monoisotopic (exact) mass is 271 g/mol. The molecule has 0 saturated carbocycles. The van der Waals surface area contributed by atoms with Crippen LogP contribution in [0.3, 0.4) is 0 Å². The van der Waals surface area contributed by atoms with Crippen LogP contribution in [-0.4, -0.2) is 10.9 Å². The van der Waals surface area contributed by atoms with E-state index in [0.29, 0.717) is 16.4 Å². The zero-order valence-corrected chi connectivity index (χ0v) is 10.7. The van der Waals surface area contributed by atoms with Gasteiger partial charge >= 0.3 is 0 Å². The molecule has 1 aromatic heterocycles. The minimum Gasteiger partial charge on any atom is -0.310 e. The number of pyridine rings is 1. The minimum absolute atomic E-state index is 0.167. The number of benzene rings is 1. The summed E-state index contributed by atoms with van der Waals surface area (Å²) in [5.74, 6) is 0.294. The molecule has 94 valence electrons. The highest BCUT2D eigenvalue weighted by Gasteiger charge is 2.05. The Morgan fingerprint density at radius 3 is 2.58 bits per heavy atom. The standard InChI is InChI=1S/C14H10ClN3O/c15-12-5-6-13(17-9-12)18-14(19)7-10-1-3-11(8-16)4-2-10/h1-6,9H,7H2,(H,17,18,19). The van der Waals surface area contributed by atoms with Gasteiger partial charge in [-0.05, 0) is 29.8 Å². The molecular formula is C14H10ClN3O. The second-order valence-electron chi connectivity index (χ2n) is 3.90. The molecule has 2 rings (SSSR count). The van der Waals surface area contributed by atoms with Gasteiger partial charge in [0.1, 0.15) is 5.82 Å². The molecule has 0 atom stereocenters. The Morgan fingerprint density at radius 2 is 2.00 bits per heavy atom. The number of nitrogens with zero attached hydrogens (tertiary/aromatic N) is 2. The quantitative estimate of drug-likeness (QED) is 0.933. The topological polar surface area (TPSA) is 65.8 Å². The molecule has 1 aromatic carbocycles. The van der Waals surface area contributed by atoms with Gasteiger partial charge in [0.15, 0.2) is 0 Å². The first-order chi connectivity index (χ1) is 9.17. The largest absolute Gasteiger partial charge is 0.310 e. The Labute approximate surface area is 115 Å². The van der Waals surface area contributed by atoms with Crippen molar-refractivity contribution in [3.8, 4) is 6.07 Å². The third-order valence-electron chi connectivity index (χ3n) is 2.44. The van der Waals surface area contributed by atoms with Gasteiger partial charge in [-0.15, -0.1) is 0 Å². The number of amides is 1. The van der Waals surface area contributed by atoms with Gasteiger partial charge in [0.25, 0.3) is 0 Å². The average molecular weight is 272 g/mol. The third-order valence-corrected chi connectivity index (χ3v) is 2.67. The van der Waals surface area contributed by atoms with Gasteiger partial charge in [-0.1, -0.05) is 23.7 Å². The van der Waals surface area contributed by atoms with Crippen molar-refractivity contribution >= 4 is 23.3 Å². The van der Waals surface area contributed by atoms with Crippen LogP contribution in [0.1, 0.15) is 11.1 Å². The first-order valence-corrected chi connectivity index (χ1v) is 5.95. The molecule has 0 unspecified atom stereocenters. The second-order valence-corrected chi connectivity index (χ2v) is 4.33. The van der Waals surface area contributed by atoms with E-state index in [0.717, 1.165) is 5.56 Å². The van der Waals surface area contributed by atoms with E-state index < -0.39 is 0 Å². The summed E-state index contributed by atoms with van der Waals surface area (Å²) in [6.07, 6.45) is 1.70. The number of halogens is 1. The van der Waals surface area contributed by atoms with E-state index in [9.17, 15) is 4.79 Å². The summed E-state index contributed by atoms with van der Waals surface area (Å²) >= 11 is 5.70. The van der Waals surface area contributed by atoms with Crippen molar-refractivity contribution in [1.82, 2.24) is 4.98 Å². The highest BCUT2D eigenvalue weighted by Crippen LogP contribution is 2.10. The summed E-state index contributed by atoms with van der Waals surface area (Å²) in [5, 5.41) is 11.9. The summed E-state index contributed by atoms with van der Waals surface area (Å²) in [4.78, 5) is 15.8. The smallest absolute Gasteiger partial charge is 0.229 e. The average Bonchev–Trinajstić information content (AvgIpc) is 2.42. The molecule has 1 N–H and O–H groups in total. The van der Waals surface area contributed by atoms with Crippen LogP contribution in [0, 0.1) is 11.3 Å². The normalized spacial score (nSPS) is 9.68. The molecule has 2 aromatic rings. The minimum atomic E-state index is -0.167. The summed E-state index contributed by atoms with van der Waals surface area (Å²) in [6, 6.07) is 12.2. The van der Waals surface area contributed by atoms with Crippen LogP contribution in [0.15, 0.2) is 42.6 Å². The fourth-order valence-electron chi connectivity index (χ4n) is 1.52. The third kappa shape index (κ3) is 3.80. The fourth-order valence-corrected chi connectivity index (χ4v) is 1.63. The van der Waals surface area contributed by atoms with E-state index in [1.807, 2.05) is 6.07 Å². The summed E-state index contributed by atoms with van der Waals surface area (Å²) in [5.41, 5.74) is 1.41. The Hall–Kier alpha value is -2.38. The molecule has 0 saturated heterocycles. The number of carbonyl (C=O) groups is 1. The highest BCUT2D eigenvalue weighted by molar-refractivity contribution is 6.30. The fraction of sp³-hybridized carbons (Fsp3) is 0.0714. The molecule has 19 heavy (non-hydrogen) atoms. The van der Waals surface area contributed by atoms with Crippen LogP contribution in [0.4, 0.5) is 5.82 Å². The number of nitriles is 1. The number of aromatic nitrogens is 1. The number of hydrogen-bond donors (Lipinski definition) is 1. The van der Waals surface area contributed by atoms with Gasteiger partial charge in [-0.25, -0.2) is 4.98 Å². The Balaban J connectivity index is 1.97. The van der Waals surface area contributed by atoms with Gasteiger partial charge in [-0.2, -0.15) is 5.26 Å². The van der Waals surface area contributed by atoms with Crippen molar-refractivity contribution in [1.29, 1.82) is 5.26 Å². The van der Waals surface area contributed by atoms with Crippen LogP contribution in [0.2, 0.25) is 5.02 Å². The maximum Gasteiger partial charge on any atom is 0.229 e. The molecule has 0 spiro atoms. The molecule has 0 aliphatic heterocycles. The molecule has 0 radical (unpaired) electrons. The van der Waals surface area contributed by atoms with E-state index in [4.69, 9.17) is 16.9 Å². The highest BCUT2D eigenvalue weighted by atomic mass is 35.5. The van der Waals surface area contributed by atoms with Crippen molar-refractivity contribution in [2.45, 2.75) is 6.42 Å². The van der Waals surface area contributed by atoms with Crippen molar-refractivity contribution in [3.05, 3.63) is 58.7 Å². The lowest BCUT2D eigenvalue weighted by Crippen LogP contribution is -2.15. The zero-order valence-electron chi connectivity index (χ0n) is 9.93. The maximum atomic E-state index is 11.8. The van der Waals surface area contributed by atoms with Gasteiger partial charge in [0, 0.05) is 6.20 Å². The molecular weight excluding hydrogens is 262 g/mol. The van der Waals surface area contributed by atoms with Gasteiger partial charge in [0.05, 0.1) is 23.1 Å². The van der Waals surface area contributed by atoms with E-state index >= 15 is 0 Å². The molecule has 4 nitrogen and oxygen atoms in total. The van der Waals surface area contributed by atoms with Crippen molar-refractivity contribution in [2.24, 2.45) is 0 Å². The van der Waals surface area contributed by atoms with E-state index in [1.54, 1.807) is 36.4 Å². The van der Waals surface area contributed by atoms with Gasteiger partial charge < -0.3 is 5.32 Å². The Kier molecular flexibility index (Phi) is 4.11. The number of rotatable bonds is 3. The van der Waals surface area contributed by atoms with Crippen LogP contribution in [-0.2, 0) is 11.2 Å². The molecule has 0 fully saturated rings. The molecule has 0 aliphatic carbocycles. The van der Waals surface area contributed by atoms with Crippen LogP contribution in [0.5, 0.6) is 0 Å². The first kappa shape index (κ1) is 13.1. The number of carbonyl (C=O) groups excluding carboxylic acids is 1. The Bertz CT molecular complexity index is 615. The van der Waals surface area contributed by atoms with E-state index in [-0.39, 0.29) is 12.3 Å². The summed E-state index contributed by atoms with van der Waals surface area (Å²) in [7, 11) is 0. The van der Waals surface area contributed by atoms with Crippen molar-refractivity contribution < 1.29 is 4.79 Å². The van der Waals surface area contributed by atoms with Gasteiger partial charge in [-0.3, -0.25) is 4.79 Å². The van der Waals surface area contributed by atoms with Crippen LogP contribution < -0.4 is 5.32 Å².